The molecule has 1 unspecified atom stereocenters. The number of hydrogen-bond donors (Lipinski definition) is 0. The summed E-state index contributed by atoms with van der Waals surface area (Å²) in [5.41, 5.74) is 2.36. The van der Waals surface area contributed by atoms with E-state index in [1.807, 2.05) is 36.7 Å². The summed E-state index contributed by atoms with van der Waals surface area (Å²) in [6, 6.07) is 10.9. The average molecular weight is 324 g/mol. The molecule has 0 aliphatic heterocycles. The van der Waals surface area contributed by atoms with Gasteiger partial charge in [0, 0.05) is 18.0 Å². The van der Waals surface area contributed by atoms with E-state index in [4.69, 9.17) is 0 Å². The maximum atomic E-state index is 4.60. The molecule has 2 aromatic rings. The van der Waals surface area contributed by atoms with Gasteiger partial charge < -0.3 is 0 Å². The first kappa shape index (κ1) is 18.6. The molecule has 0 N–H and O–H groups in total. The van der Waals surface area contributed by atoms with Crippen molar-refractivity contribution in [1.82, 2.24) is 9.97 Å². The second kappa shape index (κ2) is 11.0. The second-order valence-corrected chi connectivity index (χ2v) is 6.67. The summed E-state index contributed by atoms with van der Waals surface area (Å²) in [5.74, 6) is 1.42. The van der Waals surface area contributed by atoms with Gasteiger partial charge in [0.15, 0.2) is 5.82 Å². The van der Waals surface area contributed by atoms with Crippen molar-refractivity contribution >= 4 is 0 Å². The smallest absolute Gasteiger partial charge is 0.159 e. The van der Waals surface area contributed by atoms with Crippen LogP contribution in [0.25, 0.3) is 11.4 Å². The van der Waals surface area contributed by atoms with Crippen molar-refractivity contribution in [3.8, 4) is 11.4 Å². The van der Waals surface area contributed by atoms with Crippen LogP contribution in [0.4, 0.5) is 0 Å². The van der Waals surface area contributed by atoms with Crippen LogP contribution < -0.4 is 0 Å². The normalized spacial score (nSPS) is 12.2. The molecule has 1 heterocycles. The molecule has 0 aliphatic carbocycles. The lowest BCUT2D eigenvalue weighted by atomic mass is 9.91. The van der Waals surface area contributed by atoms with E-state index in [1.54, 1.807) is 0 Å². The molecule has 0 saturated carbocycles. The molecule has 0 bridgehead atoms. The predicted molar refractivity (Wildman–Crippen MR) is 102 cm³/mol. The first-order chi connectivity index (χ1) is 11.8. The van der Waals surface area contributed by atoms with Crippen molar-refractivity contribution in [2.24, 2.45) is 0 Å². The molecule has 24 heavy (non-hydrogen) atoms. The van der Waals surface area contributed by atoms with E-state index in [0.717, 1.165) is 11.4 Å². The van der Waals surface area contributed by atoms with Crippen molar-refractivity contribution in [1.29, 1.82) is 0 Å². The average Bonchev–Trinajstić information content (AvgIpc) is 2.64. The van der Waals surface area contributed by atoms with Crippen molar-refractivity contribution in [3.63, 3.8) is 0 Å². The largest absolute Gasteiger partial charge is 0.236 e. The van der Waals surface area contributed by atoms with Crippen LogP contribution in [0.2, 0.25) is 0 Å². The van der Waals surface area contributed by atoms with Crippen LogP contribution in [0.1, 0.15) is 83.1 Å². The standard InChI is InChI=1S/C22H31N2/c1-3-5-6-7-8-10-14-19(13-4-2)21-17-23-22(24-18-21)20-15-11-9-12-16-20/h11-12,15-19H,3-8,10,13-14H2,1-2H3. The monoisotopic (exact) mass is 323 g/mol. The van der Waals surface area contributed by atoms with Crippen molar-refractivity contribution in [2.45, 2.75) is 77.6 Å². The van der Waals surface area contributed by atoms with E-state index in [1.165, 1.54) is 63.4 Å². The quantitative estimate of drug-likeness (QED) is 0.436. The third-order valence-corrected chi connectivity index (χ3v) is 4.66. The summed E-state index contributed by atoms with van der Waals surface area (Å²) in [6.07, 6.45) is 16.0. The van der Waals surface area contributed by atoms with E-state index < -0.39 is 0 Å². The highest BCUT2D eigenvalue weighted by Gasteiger charge is 2.12. The number of rotatable bonds is 11. The van der Waals surface area contributed by atoms with E-state index in [-0.39, 0.29) is 0 Å². The minimum Gasteiger partial charge on any atom is -0.236 e. The first-order valence-electron chi connectivity index (χ1n) is 9.63. The van der Waals surface area contributed by atoms with Crippen LogP contribution in [0.15, 0.2) is 36.7 Å². The number of aromatic nitrogens is 2. The fourth-order valence-corrected chi connectivity index (χ4v) is 3.23. The maximum absolute atomic E-state index is 4.60. The molecular weight excluding hydrogens is 292 g/mol. The molecule has 0 aliphatic rings. The van der Waals surface area contributed by atoms with Gasteiger partial charge in [-0.25, -0.2) is 9.97 Å². The number of benzene rings is 1. The van der Waals surface area contributed by atoms with E-state index in [9.17, 15) is 0 Å². The lowest BCUT2D eigenvalue weighted by Crippen LogP contribution is -2.01. The van der Waals surface area contributed by atoms with Gasteiger partial charge in [-0.2, -0.15) is 0 Å². The Hall–Kier alpha value is -1.70. The van der Waals surface area contributed by atoms with Gasteiger partial charge in [0.1, 0.15) is 0 Å². The number of unbranched alkanes of at least 4 members (excludes halogenated alkanes) is 5. The maximum Gasteiger partial charge on any atom is 0.159 e. The summed E-state index contributed by atoms with van der Waals surface area (Å²) in [7, 11) is 0. The molecule has 1 aromatic heterocycles. The molecule has 0 amide bonds. The lowest BCUT2D eigenvalue weighted by molar-refractivity contribution is 0.510. The van der Waals surface area contributed by atoms with Crippen LogP contribution in [0.3, 0.4) is 0 Å². The first-order valence-corrected chi connectivity index (χ1v) is 9.63. The number of hydrogen-bond acceptors (Lipinski definition) is 2. The van der Waals surface area contributed by atoms with Gasteiger partial charge >= 0.3 is 0 Å². The zero-order chi connectivity index (χ0) is 17.0. The summed E-state index contributed by atoms with van der Waals surface area (Å²) in [5, 5.41) is 0. The molecule has 2 rings (SSSR count). The molecule has 0 spiro atoms. The molecule has 1 radical (unpaired) electrons. The highest BCUT2D eigenvalue weighted by Crippen LogP contribution is 2.27. The Bertz CT molecular complexity index is 548. The Kier molecular flexibility index (Phi) is 8.51. The number of nitrogens with zero attached hydrogens (tertiary/aromatic N) is 2. The Morgan fingerprint density at radius 2 is 1.50 bits per heavy atom. The molecule has 0 fully saturated rings. The minimum absolute atomic E-state index is 0.610. The SMILES string of the molecule is CCCCCCCCC(CCC)c1cnc(-c2cc[c]cc2)nc1. The lowest BCUT2D eigenvalue weighted by Gasteiger charge is -2.16. The Labute approximate surface area is 147 Å². The predicted octanol–water partition coefficient (Wildman–Crippen LogP) is 6.58. The highest BCUT2D eigenvalue weighted by molar-refractivity contribution is 5.53. The van der Waals surface area contributed by atoms with E-state index >= 15 is 0 Å². The summed E-state index contributed by atoms with van der Waals surface area (Å²) in [4.78, 5) is 9.19. The van der Waals surface area contributed by atoms with Crippen LogP contribution in [0, 0.1) is 6.07 Å². The molecule has 0 saturated heterocycles. The Morgan fingerprint density at radius 1 is 0.833 bits per heavy atom. The van der Waals surface area contributed by atoms with Crippen molar-refractivity contribution < 1.29 is 0 Å². The summed E-state index contributed by atoms with van der Waals surface area (Å²) >= 11 is 0. The third kappa shape index (κ3) is 6.07. The Morgan fingerprint density at radius 3 is 2.17 bits per heavy atom. The third-order valence-electron chi connectivity index (χ3n) is 4.66. The molecule has 1 atom stereocenters. The Balaban J connectivity index is 1.90. The van der Waals surface area contributed by atoms with Gasteiger partial charge in [0.05, 0.1) is 0 Å². The van der Waals surface area contributed by atoms with Crippen LogP contribution >= 0.6 is 0 Å². The molecular formula is C22H31N2. The molecule has 1 aromatic carbocycles. The van der Waals surface area contributed by atoms with Crippen LogP contribution in [-0.2, 0) is 0 Å². The zero-order valence-corrected chi connectivity index (χ0v) is 15.3. The van der Waals surface area contributed by atoms with Gasteiger partial charge in [-0.15, -0.1) is 0 Å². The zero-order valence-electron chi connectivity index (χ0n) is 15.3. The van der Waals surface area contributed by atoms with E-state index in [2.05, 4.69) is 29.9 Å². The van der Waals surface area contributed by atoms with Gasteiger partial charge in [0.25, 0.3) is 0 Å². The van der Waals surface area contributed by atoms with Gasteiger partial charge in [0.2, 0.25) is 0 Å². The van der Waals surface area contributed by atoms with Gasteiger partial charge in [-0.3, -0.25) is 0 Å². The van der Waals surface area contributed by atoms with Gasteiger partial charge in [-0.05, 0) is 30.4 Å². The molecule has 129 valence electrons. The molecule has 2 heteroatoms. The second-order valence-electron chi connectivity index (χ2n) is 6.67. The van der Waals surface area contributed by atoms with Crippen molar-refractivity contribution in [2.75, 3.05) is 0 Å². The highest BCUT2D eigenvalue weighted by atomic mass is 14.9. The van der Waals surface area contributed by atoms with Crippen LogP contribution in [-0.4, -0.2) is 9.97 Å². The fraction of sp³-hybridized carbons (Fsp3) is 0.545. The van der Waals surface area contributed by atoms with E-state index in [0.29, 0.717) is 5.92 Å². The topological polar surface area (TPSA) is 25.8 Å². The van der Waals surface area contributed by atoms with Gasteiger partial charge in [-0.1, -0.05) is 83.1 Å². The molecule has 2 nitrogen and oxygen atoms in total. The summed E-state index contributed by atoms with van der Waals surface area (Å²) < 4.78 is 0. The summed E-state index contributed by atoms with van der Waals surface area (Å²) in [6.45, 7) is 4.54. The van der Waals surface area contributed by atoms with Crippen LogP contribution in [0.5, 0.6) is 0 Å². The minimum atomic E-state index is 0.610. The van der Waals surface area contributed by atoms with Crippen molar-refractivity contribution in [3.05, 3.63) is 48.3 Å². The fourth-order valence-electron chi connectivity index (χ4n) is 3.23.